The number of halogens is 3. The van der Waals surface area contributed by atoms with Gasteiger partial charge in [0.05, 0.1) is 22.6 Å². The molecule has 152 valence electrons. The summed E-state index contributed by atoms with van der Waals surface area (Å²) >= 11 is 0. The van der Waals surface area contributed by atoms with Gasteiger partial charge in [-0.3, -0.25) is 4.99 Å². The molecular weight excluding hydrogens is 383 g/mol. The van der Waals surface area contributed by atoms with Crippen LogP contribution in [-0.4, -0.2) is 63.1 Å². The molecule has 1 heterocycles. The van der Waals surface area contributed by atoms with E-state index in [1.807, 2.05) is 4.90 Å². The molecule has 1 aromatic carbocycles. The van der Waals surface area contributed by atoms with Crippen LogP contribution < -0.4 is 10.1 Å². The fraction of sp³-hybridized carbons (Fsp3) is 0.588. The number of hydrogen-bond donors (Lipinski definition) is 1. The Labute approximate surface area is 157 Å². The molecule has 1 N–H and O–H groups in total. The number of benzene rings is 1. The lowest BCUT2D eigenvalue weighted by Gasteiger charge is -2.39. The van der Waals surface area contributed by atoms with Gasteiger partial charge in [-0.1, -0.05) is 12.1 Å². The third-order valence-corrected chi connectivity index (χ3v) is 6.92. The number of aliphatic imine (C=N–C) groups is 1. The predicted octanol–water partition coefficient (Wildman–Crippen LogP) is 2.17. The van der Waals surface area contributed by atoms with Crippen LogP contribution in [0, 0.1) is 0 Å². The van der Waals surface area contributed by atoms with E-state index in [0.29, 0.717) is 12.5 Å². The third-order valence-electron chi connectivity index (χ3n) is 4.39. The third kappa shape index (κ3) is 5.06. The number of rotatable bonds is 4. The van der Waals surface area contributed by atoms with Crippen LogP contribution in [0.1, 0.15) is 19.4 Å². The predicted molar refractivity (Wildman–Crippen MR) is 97.7 cm³/mol. The van der Waals surface area contributed by atoms with E-state index in [9.17, 15) is 21.6 Å². The van der Waals surface area contributed by atoms with Crippen molar-refractivity contribution in [1.29, 1.82) is 0 Å². The van der Waals surface area contributed by atoms with Gasteiger partial charge in [-0.05, 0) is 26.0 Å². The molecule has 6 nitrogen and oxygen atoms in total. The zero-order valence-corrected chi connectivity index (χ0v) is 16.3. The monoisotopic (exact) mass is 407 g/mol. The van der Waals surface area contributed by atoms with E-state index in [-0.39, 0.29) is 31.2 Å². The first-order valence-electron chi connectivity index (χ1n) is 8.45. The molecule has 1 aromatic rings. The van der Waals surface area contributed by atoms with Gasteiger partial charge >= 0.3 is 6.18 Å². The van der Waals surface area contributed by atoms with E-state index >= 15 is 0 Å². The van der Waals surface area contributed by atoms with Gasteiger partial charge in [0, 0.05) is 20.1 Å². The Morgan fingerprint density at radius 1 is 1.33 bits per heavy atom. The molecule has 1 fully saturated rings. The molecule has 0 unspecified atom stereocenters. The molecule has 1 aliphatic heterocycles. The molecule has 0 aromatic heterocycles. The summed E-state index contributed by atoms with van der Waals surface area (Å²) in [5.74, 6) is 0.286. The van der Waals surface area contributed by atoms with Crippen molar-refractivity contribution < 1.29 is 26.3 Å². The summed E-state index contributed by atoms with van der Waals surface area (Å²) in [7, 11) is -1.60. The van der Waals surface area contributed by atoms with E-state index in [4.69, 9.17) is 4.74 Å². The Hall–Kier alpha value is -1.97. The van der Waals surface area contributed by atoms with Crippen molar-refractivity contribution >= 4 is 15.8 Å². The average molecular weight is 407 g/mol. The second kappa shape index (κ2) is 7.95. The Balaban J connectivity index is 1.92. The number of hydrogen-bond acceptors (Lipinski definition) is 4. The zero-order valence-electron chi connectivity index (χ0n) is 15.5. The highest BCUT2D eigenvalue weighted by atomic mass is 32.2. The highest BCUT2D eigenvalue weighted by Gasteiger charge is 2.41. The van der Waals surface area contributed by atoms with E-state index in [1.54, 1.807) is 20.9 Å². The molecule has 2 rings (SSSR count). The first kappa shape index (κ1) is 21.3. The summed E-state index contributed by atoms with van der Waals surface area (Å²) in [4.78, 5) is 5.95. The maximum Gasteiger partial charge on any atom is 0.419 e. The smallest absolute Gasteiger partial charge is 0.419 e. The summed E-state index contributed by atoms with van der Waals surface area (Å²) in [6.45, 7) is 4.15. The van der Waals surface area contributed by atoms with Crippen molar-refractivity contribution in [3.05, 3.63) is 29.8 Å². The average Bonchev–Trinajstić information content (AvgIpc) is 2.57. The molecule has 0 saturated carbocycles. The standard InChI is InChI=1S/C17H24F3N3O3S/c1-16(2)12-23(9-11-27(16,24)25)15(21-3)22-8-10-26-14-7-5-4-6-13(14)17(18,19)20/h4-7H,8-12H2,1-3H3,(H,21,22). The highest BCUT2D eigenvalue weighted by molar-refractivity contribution is 7.92. The van der Waals surface area contributed by atoms with Crippen LogP contribution in [0.2, 0.25) is 0 Å². The van der Waals surface area contributed by atoms with Crippen LogP contribution in [0.5, 0.6) is 5.75 Å². The van der Waals surface area contributed by atoms with Crippen LogP contribution in [0.3, 0.4) is 0 Å². The second-order valence-corrected chi connectivity index (χ2v) is 9.56. The van der Waals surface area contributed by atoms with Crippen LogP contribution in [0.4, 0.5) is 13.2 Å². The van der Waals surface area contributed by atoms with Crippen molar-refractivity contribution in [3.8, 4) is 5.75 Å². The van der Waals surface area contributed by atoms with Gasteiger partial charge in [0.15, 0.2) is 15.8 Å². The fourth-order valence-corrected chi connectivity index (χ4v) is 4.17. The summed E-state index contributed by atoms with van der Waals surface area (Å²) < 4.78 is 67.4. The molecule has 10 heteroatoms. The summed E-state index contributed by atoms with van der Waals surface area (Å²) in [6, 6.07) is 5.03. The van der Waals surface area contributed by atoms with Gasteiger partial charge in [-0.15, -0.1) is 0 Å². The molecule has 1 aliphatic rings. The Morgan fingerprint density at radius 3 is 2.59 bits per heavy atom. The van der Waals surface area contributed by atoms with E-state index < -0.39 is 26.3 Å². The number of nitrogens with one attached hydrogen (secondary N) is 1. The molecular formula is C17H24F3N3O3S. The van der Waals surface area contributed by atoms with E-state index in [0.717, 1.165) is 6.07 Å². The van der Waals surface area contributed by atoms with Crippen LogP contribution >= 0.6 is 0 Å². The largest absolute Gasteiger partial charge is 0.491 e. The topological polar surface area (TPSA) is 71.0 Å². The number of sulfone groups is 1. The summed E-state index contributed by atoms with van der Waals surface area (Å²) in [5.41, 5.74) is -0.822. The van der Waals surface area contributed by atoms with E-state index in [2.05, 4.69) is 10.3 Å². The number of guanidine groups is 1. The quantitative estimate of drug-likeness (QED) is 0.471. The highest BCUT2D eigenvalue weighted by Crippen LogP contribution is 2.35. The van der Waals surface area contributed by atoms with Crippen molar-refractivity contribution in [3.63, 3.8) is 0 Å². The summed E-state index contributed by atoms with van der Waals surface area (Å²) in [6.07, 6.45) is -4.48. The normalized spacial score (nSPS) is 19.6. The van der Waals surface area contributed by atoms with Gasteiger partial charge in [0.1, 0.15) is 12.4 Å². The van der Waals surface area contributed by atoms with Crippen molar-refractivity contribution in [1.82, 2.24) is 10.2 Å². The molecule has 0 amide bonds. The van der Waals surface area contributed by atoms with Gasteiger partial charge < -0.3 is 15.0 Å². The van der Waals surface area contributed by atoms with Gasteiger partial charge in [0.2, 0.25) is 0 Å². The second-order valence-electron chi connectivity index (χ2n) is 6.82. The van der Waals surface area contributed by atoms with Gasteiger partial charge in [-0.25, -0.2) is 8.42 Å². The summed E-state index contributed by atoms with van der Waals surface area (Å²) in [5, 5.41) is 3.01. The lowest BCUT2D eigenvalue weighted by molar-refractivity contribution is -0.138. The Morgan fingerprint density at radius 2 is 2.00 bits per heavy atom. The SMILES string of the molecule is CN=C(NCCOc1ccccc1C(F)(F)F)N1CCS(=O)(=O)C(C)(C)C1. The van der Waals surface area contributed by atoms with Crippen molar-refractivity contribution in [2.45, 2.75) is 24.8 Å². The first-order chi connectivity index (χ1) is 12.5. The molecule has 0 radical (unpaired) electrons. The molecule has 1 saturated heterocycles. The minimum atomic E-state index is -4.48. The number of para-hydroxylation sites is 1. The van der Waals surface area contributed by atoms with Crippen molar-refractivity contribution in [2.75, 3.05) is 39.0 Å². The Kier molecular flexibility index (Phi) is 6.28. The van der Waals surface area contributed by atoms with Crippen molar-refractivity contribution in [2.24, 2.45) is 4.99 Å². The fourth-order valence-electron chi connectivity index (χ4n) is 2.81. The zero-order chi connectivity index (χ0) is 20.3. The van der Waals surface area contributed by atoms with Crippen LogP contribution in [-0.2, 0) is 16.0 Å². The van der Waals surface area contributed by atoms with Gasteiger partial charge in [0.25, 0.3) is 0 Å². The minimum Gasteiger partial charge on any atom is -0.491 e. The number of nitrogens with zero attached hydrogens (tertiary/aromatic N) is 2. The van der Waals surface area contributed by atoms with E-state index in [1.165, 1.54) is 18.2 Å². The Bertz CT molecular complexity index is 792. The molecule has 0 aliphatic carbocycles. The maximum absolute atomic E-state index is 12.9. The maximum atomic E-state index is 12.9. The number of ether oxygens (including phenoxy) is 1. The first-order valence-corrected chi connectivity index (χ1v) is 10.1. The minimum absolute atomic E-state index is 0.00163. The van der Waals surface area contributed by atoms with Crippen LogP contribution in [0.15, 0.2) is 29.3 Å². The van der Waals surface area contributed by atoms with Crippen LogP contribution in [0.25, 0.3) is 0 Å². The lowest BCUT2D eigenvalue weighted by Crippen LogP contribution is -2.57. The molecule has 27 heavy (non-hydrogen) atoms. The number of alkyl halides is 3. The molecule has 0 bridgehead atoms. The van der Waals surface area contributed by atoms with Gasteiger partial charge in [-0.2, -0.15) is 13.2 Å². The molecule has 0 atom stereocenters. The molecule has 0 spiro atoms. The lowest BCUT2D eigenvalue weighted by atomic mass is 10.2.